The Balaban J connectivity index is 1.48. The quantitative estimate of drug-likeness (QED) is 0.666. The van der Waals surface area contributed by atoms with Crippen LogP contribution in [0.3, 0.4) is 0 Å². The number of halogens is 2. The lowest BCUT2D eigenvalue weighted by Crippen LogP contribution is -2.22. The Bertz CT molecular complexity index is 1020. The normalized spacial score (nSPS) is 15.8. The van der Waals surface area contributed by atoms with E-state index in [1.165, 1.54) is 7.11 Å². The van der Waals surface area contributed by atoms with Crippen molar-refractivity contribution in [1.82, 2.24) is 9.78 Å². The van der Waals surface area contributed by atoms with Crippen molar-refractivity contribution in [2.75, 3.05) is 12.4 Å². The summed E-state index contributed by atoms with van der Waals surface area (Å²) < 4.78 is 12.8. The molecule has 1 atom stereocenters. The summed E-state index contributed by atoms with van der Waals surface area (Å²) in [5, 5.41) is 8.33. The molecule has 1 aliphatic heterocycles. The predicted octanol–water partition coefficient (Wildman–Crippen LogP) is 4.72. The van der Waals surface area contributed by atoms with E-state index in [4.69, 9.17) is 32.7 Å². The maximum Gasteiger partial charge on any atom is 0.276 e. The molecule has 0 bridgehead atoms. The zero-order chi connectivity index (χ0) is 19.7. The van der Waals surface area contributed by atoms with Gasteiger partial charge in [-0.05, 0) is 42.0 Å². The van der Waals surface area contributed by atoms with Crippen molar-refractivity contribution in [3.8, 4) is 5.75 Å². The molecule has 1 amide bonds. The van der Waals surface area contributed by atoms with Crippen molar-refractivity contribution in [1.29, 1.82) is 0 Å². The number of benzene rings is 2. The second-order valence-corrected chi connectivity index (χ2v) is 7.20. The van der Waals surface area contributed by atoms with Crippen molar-refractivity contribution in [2.45, 2.75) is 19.3 Å². The lowest BCUT2D eigenvalue weighted by Gasteiger charge is -2.24. The number of fused-ring (bicyclic) bond motifs is 1. The van der Waals surface area contributed by atoms with E-state index >= 15 is 0 Å². The molecule has 0 saturated heterocycles. The third-order valence-corrected chi connectivity index (χ3v) is 5.07. The van der Waals surface area contributed by atoms with Crippen LogP contribution in [0.5, 0.6) is 5.75 Å². The van der Waals surface area contributed by atoms with Crippen LogP contribution in [0.1, 0.15) is 27.8 Å². The molecule has 0 fully saturated rings. The molecule has 1 aromatic heterocycles. The van der Waals surface area contributed by atoms with Crippen LogP contribution >= 0.6 is 23.2 Å². The van der Waals surface area contributed by atoms with Crippen LogP contribution in [-0.4, -0.2) is 22.8 Å². The Morgan fingerprint density at radius 1 is 1.21 bits per heavy atom. The molecular formula is C20H17Cl2N3O3. The molecule has 2 heterocycles. The van der Waals surface area contributed by atoms with E-state index in [-0.39, 0.29) is 12.0 Å². The molecule has 6 nitrogen and oxygen atoms in total. The Morgan fingerprint density at radius 2 is 2.00 bits per heavy atom. The number of hydrogen-bond acceptors (Lipinski definition) is 4. The highest BCUT2D eigenvalue weighted by atomic mass is 35.5. The number of amides is 1. The van der Waals surface area contributed by atoms with Gasteiger partial charge in [0.05, 0.1) is 31.0 Å². The van der Waals surface area contributed by atoms with Crippen molar-refractivity contribution in [2.24, 2.45) is 0 Å². The van der Waals surface area contributed by atoms with Crippen LogP contribution in [0.15, 0.2) is 48.5 Å². The first-order valence-electron chi connectivity index (χ1n) is 8.62. The fraction of sp³-hybridized carbons (Fsp3) is 0.200. The predicted molar refractivity (Wildman–Crippen MR) is 107 cm³/mol. The number of anilines is 1. The van der Waals surface area contributed by atoms with E-state index < -0.39 is 0 Å². The highest BCUT2D eigenvalue weighted by molar-refractivity contribution is 6.32. The topological polar surface area (TPSA) is 65.4 Å². The Labute approximate surface area is 172 Å². The number of methoxy groups -OCH3 is 1. The maximum absolute atomic E-state index is 12.6. The summed E-state index contributed by atoms with van der Waals surface area (Å²) in [5.41, 5.74) is 2.76. The molecule has 8 heteroatoms. The monoisotopic (exact) mass is 417 g/mol. The van der Waals surface area contributed by atoms with Crippen LogP contribution in [0.4, 0.5) is 5.69 Å². The van der Waals surface area contributed by atoms with Gasteiger partial charge < -0.3 is 14.8 Å². The van der Waals surface area contributed by atoms with Gasteiger partial charge in [0.1, 0.15) is 11.9 Å². The zero-order valence-electron chi connectivity index (χ0n) is 15.0. The van der Waals surface area contributed by atoms with Gasteiger partial charge >= 0.3 is 0 Å². The molecule has 0 unspecified atom stereocenters. The first kappa shape index (κ1) is 18.8. The molecule has 1 aliphatic rings. The molecule has 28 heavy (non-hydrogen) atoms. The van der Waals surface area contributed by atoms with Crippen LogP contribution in [-0.2, 0) is 17.9 Å². The number of hydrogen-bond donors (Lipinski definition) is 1. The number of rotatable bonds is 4. The van der Waals surface area contributed by atoms with Gasteiger partial charge in [-0.2, -0.15) is 5.10 Å². The van der Waals surface area contributed by atoms with Crippen LogP contribution in [0.2, 0.25) is 10.0 Å². The van der Waals surface area contributed by atoms with Gasteiger partial charge in [-0.15, -0.1) is 0 Å². The van der Waals surface area contributed by atoms with E-state index in [1.54, 1.807) is 28.9 Å². The minimum Gasteiger partial charge on any atom is -0.495 e. The summed E-state index contributed by atoms with van der Waals surface area (Å²) in [6.45, 7) is 0.903. The molecule has 0 radical (unpaired) electrons. The molecule has 3 aromatic rings. The van der Waals surface area contributed by atoms with E-state index in [1.807, 2.05) is 24.3 Å². The summed E-state index contributed by atoms with van der Waals surface area (Å²) >= 11 is 12.0. The van der Waals surface area contributed by atoms with E-state index in [2.05, 4.69) is 10.4 Å². The molecular weight excluding hydrogens is 401 g/mol. The third kappa shape index (κ3) is 3.85. The number of carbonyl (C=O) groups is 1. The first-order valence-corrected chi connectivity index (χ1v) is 9.38. The maximum atomic E-state index is 12.6. The lowest BCUT2D eigenvalue weighted by atomic mass is 10.1. The fourth-order valence-corrected chi connectivity index (χ4v) is 3.44. The number of carbonyl (C=O) groups excluding carboxylic acids is 1. The van der Waals surface area contributed by atoms with E-state index in [9.17, 15) is 4.79 Å². The van der Waals surface area contributed by atoms with Crippen LogP contribution in [0, 0.1) is 0 Å². The van der Waals surface area contributed by atoms with Gasteiger partial charge in [-0.1, -0.05) is 35.3 Å². The van der Waals surface area contributed by atoms with Gasteiger partial charge in [0, 0.05) is 10.7 Å². The second-order valence-electron chi connectivity index (χ2n) is 6.36. The van der Waals surface area contributed by atoms with Crippen molar-refractivity contribution in [3.05, 3.63) is 75.5 Å². The number of aromatic nitrogens is 2. The highest BCUT2D eigenvalue weighted by Gasteiger charge is 2.24. The lowest BCUT2D eigenvalue weighted by molar-refractivity contribution is -0.00118. The number of ether oxygens (including phenoxy) is 2. The summed E-state index contributed by atoms with van der Waals surface area (Å²) in [5.74, 6) is 0.230. The molecule has 4 rings (SSSR count). The minimum absolute atomic E-state index is 0.138. The number of nitrogens with zero attached hydrogens (tertiary/aromatic N) is 2. The van der Waals surface area contributed by atoms with Crippen molar-refractivity contribution < 1.29 is 14.3 Å². The van der Waals surface area contributed by atoms with Gasteiger partial charge in [0.25, 0.3) is 5.91 Å². The zero-order valence-corrected chi connectivity index (χ0v) is 16.5. The van der Waals surface area contributed by atoms with Gasteiger partial charge in [-0.3, -0.25) is 9.48 Å². The highest BCUT2D eigenvalue weighted by Crippen LogP contribution is 2.29. The average molecular weight is 418 g/mol. The molecule has 2 aromatic carbocycles. The minimum atomic E-state index is -0.314. The smallest absolute Gasteiger partial charge is 0.276 e. The Hall–Kier alpha value is -2.54. The SMILES string of the molecule is COc1ccc(NC(=O)c2cc3n(n2)C[C@H](c2ccc(Cl)cc2)OC3)cc1Cl. The first-order chi connectivity index (χ1) is 13.5. The summed E-state index contributed by atoms with van der Waals surface area (Å²) in [6.07, 6.45) is -0.138. The second kappa shape index (κ2) is 7.83. The Kier molecular flexibility index (Phi) is 5.26. The van der Waals surface area contributed by atoms with Gasteiger partial charge in [0.2, 0.25) is 0 Å². The number of nitrogens with one attached hydrogen (secondary N) is 1. The molecule has 0 spiro atoms. The van der Waals surface area contributed by atoms with Gasteiger partial charge in [-0.25, -0.2) is 0 Å². The summed E-state index contributed by atoms with van der Waals surface area (Å²) in [4.78, 5) is 12.6. The summed E-state index contributed by atoms with van der Waals surface area (Å²) in [6, 6.07) is 14.3. The molecule has 144 valence electrons. The van der Waals surface area contributed by atoms with Gasteiger partial charge in [0.15, 0.2) is 5.69 Å². The standard InChI is InChI=1S/C20H17Cl2N3O3/c1-27-18-7-6-14(8-16(18)22)23-20(26)17-9-15-11-28-19(10-25(15)24-17)12-2-4-13(21)5-3-12/h2-9,19H,10-11H2,1H3,(H,23,26)/t19-/m1/s1. The van der Waals surface area contributed by atoms with Crippen molar-refractivity contribution in [3.63, 3.8) is 0 Å². The fourth-order valence-electron chi connectivity index (χ4n) is 3.05. The van der Waals surface area contributed by atoms with Crippen LogP contribution in [0.25, 0.3) is 0 Å². The van der Waals surface area contributed by atoms with Crippen LogP contribution < -0.4 is 10.1 Å². The molecule has 0 aliphatic carbocycles. The summed E-state index contributed by atoms with van der Waals surface area (Å²) in [7, 11) is 1.54. The average Bonchev–Trinajstić information content (AvgIpc) is 3.12. The van der Waals surface area contributed by atoms with E-state index in [0.29, 0.717) is 40.3 Å². The molecule has 0 saturated carbocycles. The third-order valence-electron chi connectivity index (χ3n) is 4.52. The Morgan fingerprint density at radius 3 is 2.71 bits per heavy atom. The largest absolute Gasteiger partial charge is 0.495 e. The van der Waals surface area contributed by atoms with Crippen molar-refractivity contribution >= 4 is 34.8 Å². The molecule has 1 N–H and O–H groups in total. The van der Waals surface area contributed by atoms with E-state index in [0.717, 1.165) is 11.3 Å².